The molecule has 0 saturated carbocycles. The van der Waals surface area contributed by atoms with Crippen LogP contribution in [-0.4, -0.2) is 23.8 Å². The predicted molar refractivity (Wildman–Crippen MR) is 120 cm³/mol. The Bertz CT molecular complexity index is 1110. The molecular formula is C25H23ClF2N2O2. The van der Waals surface area contributed by atoms with E-state index in [1.165, 1.54) is 11.0 Å². The molecular weight excluding hydrogens is 434 g/mol. The van der Waals surface area contributed by atoms with E-state index in [4.69, 9.17) is 11.6 Å². The highest BCUT2D eigenvalue weighted by Gasteiger charge is 2.25. The Morgan fingerprint density at radius 1 is 0.938 bits per heavy atom. The van der Waals surface area contributed by atoms with E-state index in [-0.39, 0.29) is 12.3 Å². The molecule has 2 atom stereocenters. The van der Waals surface area contributed by atoms with Crippen molar-refractivity contribution in [2.24, 2.45) is 0 Å². The zero-order valence-corrected chi connectivity index (χ0v) is 18.4. The predicted octanol–water partition coefficient (Wildman–Crippen LogP) is 5.70. The van der Waals surface area contributed by atoms with Crippen LogP contribution in [0.15, 0.2) is 72.8 Å². The summed E-state index contributed by atoms with van der Waals surface area (Å²) in [6.45, 7) is 1.73. The number of amides is 2. The van der Waals surface area contributed by atoms with Crippen LogP contribution in [0.4, 0.5) is 8.78 Å². The number of hydrogen-bond acceptors (Lipinski definition) is 2. The maximum Gasteiger partial charge on any atom is 0.253 e. The van der Waals surface area contributed by atoms with Crippen LogP contribution >= 0.6 is 11.6 Å². The molecule has 0 aliphatic heterocycles. The number of hydrogen-bond donors (Lipinski definition) is 1. The molecule has 2 amide bonds. The van der Waals surface area contributed by atoms with Gasteiger partial charge in [0, 0.05) is 7.05 Å². The third-order valence-electron chi connectivity index (χ3n) is 5.40. The van der Waals surface area contributed by atoms with Crippen LogP contribution in [0.3, 0.4) is 0 Å². The second-order valence-electron chi connectivity index (χ2n) is 7.47. The van der Waals surface area contributed by atoms with Gasteiger partial charge in [-0.05, 0) is 42.3 Å². The smallest absolute Gasteiger partial charge is 0.253 e. The van der Waals surface area contributed by atoms with Gasteiger partial charge in [-0.2, -0.15) is 0 Å². The third-order valence-corrected chi connectivity index (χ3v) is 5.73. The fraction of sp³-hybridized carbons (Fsp3) is 0.200. The zero-order valence-electron chi connectivity index (χ0n) is 17.7. The lowest BCUT2D eigenvalue weighted by atomic mass is 10.0. The number of nitrogens with zero attached hydrogens (tertiary/aromatic N) is 1. The van der Waals surface area contributed by atoms with Crippen LogP contribution in [0.1, 0.15) is 46.9 Å². The monoisotopic (exact) mass is 456 g/mol. The quantitative estimate of drug-likeness (QED) is 0.496. The van der Waals surface area contributed by atoms with Crippen LogP contribution < -0.4 is 5.32 Å². The number of rotatable bonds is 7. The highest BCUT2D eigenvalue weighted by atomic mass is 35.5. The molecule has 2 unspecified atom stereocenters. The Hall–Kier alpha value is -3.25. The molecule has 0 aromatic heterocycles. The van der Waals surface area contributed by atoms with Crippen molar-refractivity contribution in [1.29, 1.82) is 0 Å². The van der Waals surface area contributed by atoms with Crippen LogP contribution in [0.5, 0.6) is 0 Å². The second-order valence-corrected chi connectivity index (χ2v) is 7.88. The van der Waals surface area contributed by atoms with Crippen LogP contribution in [0, 0.1) is 11.6 Å². The molecule has 0 radical (unpaired) electrons. The average molecular weight is 457 g/mol. The van der Waals surface area contributed by atoms with Gasteiger partial charge < -0.3 is 10.2 Å². The van der Waals surface area contributed by atoms with Crippen molar-refractivity contribution in [3.8, 4) is 0 Å². The van der Waals surface area contributed by atoms with E-state index in [1.54, 1.807) is 38.2 Å². The zero-order chi connectivity index (χ0) is 23.3. The van der Waals surface area contributed by atoms with Crippen molar-refractivity contribution >= 4 is 23.4 Å². The van der Waals surface area contributed by atoms with Gasteiger partial charge in [-0.3, -0.25) is 9.59 Å². The van der Waals surface area contributed by atoms with Crippen LogP contribution in [-0.2, 0) is 4.79 Å². The summed E-state index contributed by atoms with van der Waals surface area (Å²) >= 11 is 6.14. The SMILES string of the molecule is CC(c1ccc(F)c(F)c1)N(C)C(=O)CC(NC(=O)c1ccccc1Cl)c1ccccc1. The summed E-state index contributed by atoms with van der Waals surface area (Å²) in [6.07, 6.45) is -0.0231. The first-order valence-electron chi connectivity index (χ1n) is 10.1. The summed E-state index contributed by atoms with van der Waals surface area (Å²) in [6, 6.07) is 18.3. The Labute approximate surface area is 190 Å². The summed E-state index contributed by atoms with van der Waals surface area (Å²) in [5.41, 5.74) is 1.54. The van der Waals surface area contributed by atoms with Gasteiger partial charge in [0.1, 0.15) is 0 Å². The lowest BCUT2D eigenvalue weighted by molar-refractivity contribution is -0.132. The van der Waals surface area contributed by atoms with Gasteiger partial charge in [-0.15, -0.1) is 0 Å². The molecule has 32 heavy (non-hydrogen) atoms. The molecule has 0 spiro atoms. The molecule has 0 fully saturated rings. The highest BCUT2D eigenvalue weighted by Crippen LogP contribution is 2.25. The number of benzene rings is 3. The first kappa shape index (κ1) is 23.4. The van der Waals surface area contributed by atoms with Gasteiger partial charge in [0.15, 0.2) is 11.6 Å². The number of halogens is 3. The van der Waals surface area contributed by atoms with Crippen LogP contribution in [0.2, 0.25) is 5.02 Å². The molecule has 0 aliphatic carbocycles. The largest absolute Gasteiger partial charge is 0.345 e. The van der Waals surface area contributed by atoms with E-state index in [1.807, 2.05) is 30.3 Å². The van der Waals surface area contributed by atoms with E-state index in [2.05, 4.69) is 5.32 Å². The van der Waals surface area contributed by atoms with Crippen molar-refractivity contribution in [2.75, 3.05) is 7.05 Å². The summed E-state index contributed by atoms with van der Waals surface area (Å²) in [7, 11) is 1.59. The van der Waals surface area contributed by atoms with Gasteiger partial charge in [0.25, 0.3) is 5.91 Å². The van der Waals surface area contributed by atoms with E-state index >= 15 is 0 Å². The molecule has 0 saturated heterocycles. The van der Waals surface area contributed by atoms with Crippen LogP contribution in [0.25, 0.3) is 0 Å². The third kappa shape index (κ3) is 5.51. The minimum Gasteiger partial charge on any atom is -0.345 e. The molecule has 3 aromatic carbocycles. The summed E-state index contributed by atoms with van der Waals surface area (Å²) in [5, 5.41) is 3.20. The minimum atomic E-state index is -0.968. The van der Waals surface area contributed by atoms with Crippen molar-refractivity contribution in [2.45, 2.75) is 25.4 Å². The molecule has 1 N–H and O–H groups in total. The molecule has 166 valence electrons. The Kier molecular flexibility index (Phi) is 7.59. The van der Waals surface area contributed by atoms with Gasteiger partial charge in [0.05, 0.1) is 29.1 Å². The highest BCUT2D eigenvalue weighted by molar-refractivity contribution is 6.33. The molecule has 3 aromatic rings. The Morgan fingerprint density at radius 2 is 1.59 bits per heavy atom. The van der Waals surface area contributed by atoms with E-state index < -0.39 is 29.6 Å². The fourth-order valence-corrected chi connectivity index (χ4v) is 3.57. The normalized spacial score (nSPS) is 12.7. The minimum absolute atomic E-state index is 0.0231. The van der Waals surface area contributed by atoms with Crippen molar-refractivity contribution in [3.63, 3.8) is 0 Å². The van der Waals surface area contributed by atoms with Gasteiger partial charge in [-0.25, -0.2) is 8.78 Å². The second kappa shape index (κ2) is 10.4. The molecule has 4 nitrogen and oxygen atoms in total. The number of carbonyl (C=O) groups is 2. The number of nitrogens with one attached hydrogen (secondary N) is 1. The van der Waals surface area contributed by atoms with E-state index in [0.717, 1.165) is 17.7 Å². The molecule has 3 rings (SSSR count). The maximum absolute atomic E-state index is 13.6. The summed E-state index contributed by atoms with van der Waals surface area (Å²) in [5.74, 6) is -2.57. The van der Waals surface area contributed by atoms with Crippen molar-refractivity contribution in [3.05, 3.63) is 106 Å². The van der Waals surface area contributed by atoms with E-state index in [9.17, 15) is 18.4 Å². The Balaban J connectivity index is 1.79. The maximum atomic E-state index is 13.6. The van der Waals surface area contributed by atoms with Gasteiger partial charge in [0.2, 0.25) is 5.91 Å². The Morgan fingerprint density at radius 3 is 2.25 bits per heavy atom. The van der Waals surface area contributed by atoms with Gasteiger partial charge >= 0.3 is 0 Å². The number of carbonyl (C=O) groups excluding carboxylic acids is 2. The molecule has 7 heteroatoms. The lowest BCUT2D eigenvalue weighted by Crippen LogP contribution is -2.36. The molecule has 0 aliphatic rings. The molecule has 0 bridgehead atoms. The van der Waals surface area contributed by atoms with Crippen molar-refractivity contribution < 1.29 is 18.4 Å². The average Bonchev–Trinajstić information content (AvgIpc) is 2.80. The fourth-order valence-electron chi connectivity index (χ4n) is 3.35. The summed E-state index contributed by atoms with van der Waals surface area (Å²) in [4.78, 5) is 27.3. The standard InChI is InChI=1S/C25H23ClF2N2O2/c1-16(18-12-13-21(27)22(28)14-18)30(2)24(31)15-23(17-8-4-3-5-9-17)29-25(32)19-10-6-7-11-20(19)26/h3-14,16,23H,15H2,1-2H3,(H,29,32). The molecule has 0 heterocycles. The van der Waals surface area contributed by atoms with Crippen molar-refractivity contribution in [1.82, 2.24) is 10.2 Å². The first-order valence-corrected chi connectivity index (χ1v) is 10.5. The topological polar surface area (TPSA) is 49.4 Å². The lowest BCUT2D eigenvalue weighted by Gasteiger charge is -2.28. The van der Waals surface area contributed by atoms with E-state index in [0.29, 0.717) is 16.1 Å². The summed E-state index contributed by atoms with van der Waals surface area (Å²) < 4.78 is 26.9. The van der Waals surface area contributed by atoms with Gasteiger partial charge in [-0.1, -0.05) is 60.1 Å². The first-order chi connectivity index (χ1) is 15.3.